The second-order valence-corrected chi connectivity index (χ2v) is 5.91. The van der Waals surface area contributed by atoms with E-state index >= 15 is 0 Å². The topological polar surface area (TPSA) is 24.5 Å². The number of alkyl halides is 2. The fourth-order valence-corrected chi connectivity index (χ4v) is 3.36. The number of nitrogens with one attached hydrogen (secondary N) is 1. The Kier molecular flexibility index (Phi) is 6.58. The van der Waals surface area contributed by atoms with Gasteiger partial charge < -0.3 is 10.1 Å². The Morgan fingerprint density at radius 1 is 1.23 bits per heavy atom. The molecular weight excluding hydrogens is 286 g/mol. The number of hydrogen-bond acceptors (Lipinski definition) is 3. The molecule has 1 heterocycles. The summed E-state index contributed by atoms with van der Waals surface area (Å²) in [6.45, 7) is 5.32. The molecule has 124 valence electrons. The lowest BCUT2D eigenvalue weighted by molar-refractivity contribution is -0.0516. The predicted molar refractivity (Wildman–Crippen MR) is 84.3 cm³/mol. The zero-order chi connectivity index (χ0) is 15.9. The zero-order valence-electron chi connectivity index (χ0n) is 13.4. The molecule has 2 atom stereocenters. The minimum absolute atomic E-state index is 0.122. The summed E-state index contributed by atoms with van der Waals surface area (Å²) in [6.07, 6.45) is 2.15. The van der Waals surface area contributed by atoms with Gasteiger partial charge in [-0.3, -0.25) is 4.90 Å². The molecule has 1 aromatic rings. The van der Waals surface area contributed by atoms with Crippen molar-refractivity contribution >= 4 is 0 Å². The van der Waals surface area contributed by atoms with Crippen molar-refractivity contribution in [1.82, 2.24) is 10.2 Å². The van der Waals surface area contributed by atoms with Gasteiger partial charge in [-0.1, -0.05) is 38.5 Å². The van der Waals surface area contributed by atoms with Gasteiger partial charge in [0.15, 0.2) is 0 Å². The fraction of sp³-hybridized carbons (Fsp3) is 0.647. The van der Waals surface area contributed by atoms with Gasteiger partial charge in [-0.2, -0.15) is 8.78 Å². The molecule has 2 rings (SSSR count). The zero-order valence-corrected chi connectivity index (χ0v) is 13.4. The minimum Gasteiger partial charge on any atom is -0.434 e. The van der Waals surface area contributed by atoms with Crippen molar-refractivity contribution in [2.75, 3.05) is 26.2 Å². The molecule has 0 spiro atoms. The van der Waals surface area contributed by atoms with E-state index in [-0.39, 0.29) is 6.04 Å². The van der Waals surface area contributed by atoms with Crippen LogP contribution in [0, 0.1) is 5.92 Å². The van der Waals surface area contributed by atoms with Crippen LogP contribution < -0.4 is 10.1 Å². The van der Waals surface area contributed by atoms with E-state index in [2.05, 4.69) is 24.1 Å². The maximum Gasteiger partial charge on any atom is 0.387 e. The highest BCUT2D eigenvalue weighted by Gasteiger charge is 2.29. The van der Waals surface area contributed by atoms with E-state index in [0.29, 0.717) is 11.7 Å². The van der Waals surface area contributed by atoms with Gasteiger partial charge in [0.2, 0.25) is 0 Å². The van der Waals surface area contributed by atoms with Crippen LogP contribution in [0.2, 0.25) is 0 Å². The lowest BCUT2D eigenvalue weighted by atomic mass is 9.88. The number of halogens is 2. The third kappa shape index (κ3) is 4.40. The summed E-state index contributed by atoms with van der Waals surface area (Å²) < 4.78 is 30.2. The molecule has 0 aliphatic carbocycles. The van der Waals surface area contributed by atoms with Crippen LogP contribution in [-0.2, 0) is 0 Å². The molecule has 1 fully saturated rings. The van der Waals surface area contributed by atoms with Crippen molar-refractivity contribution in [3.8, 4) is 5.75 Å². The van der Waals surface area contributed by atoms with E-state index < -0.39 is 6.61 Å². The van der Waals surface area contributed by atoms with Gasteiger partial charge in [0.1, 0.15) is 5.75 Å². The first-order valence-electron chi connectivity index (χ1n) is 8.12. The summed E-state index contributed by atoms with van der Waals surface area (Å²) in [5.41, 5.74) is 0.880. The third-order valence-electron chi connectivity index (χ3n) is 4.28. The second-order valence-electron chi connectivity index (χ2n) is 5.91. The number of para-hydroxylation sites is 1. The predicted octanol–water partition coefficient (Wildman–Crippen LogP) is 3.67. The monoisotopic (exact) mass is 312 g/mol. The SMILES string of the molecule is CCCC(C)[C@H](c1ccccc1OC(F)F)N1CCNCC1. The lowest BCUT2D eigenvalue weighted by Gasteiger charge is -2.39. The van der Waals surface area contributed by atoms with E-state index in [1.54, 1.807) is 12.1 Å². The van der Waals surface area contributed by atoms with Crippen molar-refractivity contribution in [1.29, 1.82) is 0 Å². The Morgan fingerprint density at radius 2 is 1.91 bits per heavy atom. The summed E-state index contributed by atoms with van der Waals surface area (Å²) in [5, 5.41) is 3.35. The van der Waals surface area contributed by atoms with Crippen LogP contribution in [0.5, 0.6) is 5.75 Å². The number of hydrogen-bond donors (Lipinski definition) is 1. The largest absolute Gasteiger partial charge is 0.434 e. The summed E-state index contributed by atoms with van der Waals surface area (Å²) in [7, 11) is 0. The van der Waals surface area contributed by atoms with Gasteiger partial charge in [0.05, 0.1) is 0 Å². The smallest absolute Gasteiger partial charge is 0.387 e. The molecule has 0 amide bonds. The van der Waals surface area contributed by atoms with E-state index in [1.807, 2.05) is 12.1 Å². The van der Waals surface area contributed by atoms with E-state index in [9.17, 15) is 8.78 Å². The molecule has 22 heavy (non-hydrogen) atoms. The molecule has 5 heteroatoms. The highest BCUT2D eigenvalue weighted by atomic mass is 19.3. The van der Waals surface area contributed by atoms with Gasteiger partial charge in [0, 0.05) is 37.8 Å². The van der Waals surface area contributed by atoms with Crippen molar-refractivity contribution in [2.45, 2.75) is 39.3 Å². The molecule has 0 radical (unpaired) electrons. The summed E-state index contributed by atoms with van der Waals surface area (Å²) >= 11 is 0. The van der Waals surface area contributed by atoms with Crippen molar-refractivity contribution in [2.24, 2.45) is 5.92 Å². The molecule has 1 unspecified atom stereocenters. The van der Waals surface area contributed by atoms with Gasteiger partial charge >= 0.3 is 6.61 Å². The summed E-state index contributed by atoms with van der Waals surface area (Å²) in [4.78, 5) is 2.39. The van der Waals surface area contributed by atoms with E-state index in [4.69, 9.17) is 4.74 Å². The Labute approximate surface area is 131 Å². The Morgan fingerprint density at radius 3 is 2.55 bits per heavy atom. The van der Waals surface area contributed by atoms with Crippen molar-refractivity contribution in [3.63, 3.8) is 0 Å². The van der Waals surface area contributed by atoms with Gasteiger partial charge in [-0.25, -0.2) is 0 Å². The standard InChI is InChI=1S/C17H26F2N2O/c1-3-6-13(2)16(21-11-9-20-10-12-21)14-7-4-5-8-15(14)22-17(18)19/h4-5,7-8,13,16-17,20H,3,6,9-12H2,1-2H3/t13?,16-/m1/s1. The number of ether oxygens (including phenoxy) is 1. The molecule has 1 aliphatic rings. The highest BCUT2D eigenvalue weighted by Crippen LogP contribution is 2.37. The highest BCUT2D eigenvalue weighted by molar-refractivity contribution is 5.36. The first-order valence-corrected chi connectivity index (χ1v) is 8.12. The van der Waals surface area contributed by atoms with Gasteiger partial charge in [-0.15, -0.1) is 0 Å². The summed E-state index contributed by atoms with van der Waals surface area (Å²) in [5.74, 6) is 0.703. The Bertz CT molecular complexity index is 450. The average Bonchev–Trinajstić information content (AvgIpc) is 2.50. The molecule has 1 N–H and O–H groups in total. The quantitative estimate of drug-likeness (QED) is 0.831. The number of piperazine rings is 1. The molecule has 0 aromatic heterocycles. The maximum atomic E-state index is 12.7. The molecule has 1 aromatic carbocycles. The van der Waals surface area contributed by atoms with Gasteiger partial charge in [-0.05, 0) is 18.4 Å². The van der Waals surface area contributed by atoms with E-state index in [1.165, 1.54) is 0 Å². The number of benzene rings is 1. The molecular formula is C17H26F2N2O. The Hall–Kier alpha value is -1.20. The molecule has 0 saturated carbocycles. The van der Waals surface area contributed by atoms with Crippen molar-refractivity contribution < 1.29 is 13.5 Å². The molecule has 1 saturated heterocycles. The van der Waals surface area contributed by atoms with Crippen LogP contribution >= 0.6 is 0 Å². The normalized spacial score (nSPS) is 19.1. The lowest BCUT2D eigenvalue weighted by Crippen LogP contribution is -2.46. The first-order chi connectivity index (χ1) is 10.6. The molecule has 0 bridgehead atoms. The third-order valence-corrected chi connectivity index (χ3v) is 4.28. The van der Waals surface area contributed by atoms with Crippen LogP contribution in [0.4, 0.5) is 8.78 Å². The van der Waals surface area contributed by atoms with Crippen LogP contribution in [0.1, 0.15) is 38.3 Å². The maximum absolute atomic E-state index is 12.7. The van der Waals surface area contributed by atoms with Crippen LogP contribution in [0.3, 0.4) is 0 Å². The number of nitrogens with zero attached hydrogens (tertiary/aromatic N) is 1. The van der Waals surface area contributed by atoms with Gasteiger partial charge in [0.25, 0.3) is 0 Å². The van der Waals surface area contributed by atoms with Crippen LogP contribution in [-0.4, -0.2) is 37.7 Å². The Balaban J connectivity index is 2.31. The minimum atomic E-state index is -2.79. The fourth-order valence-electron chi connectivity index (χ4n) is 3.36. The van der Waals surface area contributed by atoms with Crippen LogP contribution in [0.25, 0.3) is 0 Å². The van der Waals surface area contributed by atoms with Crippen molar-refractivity contribution in [3.05, 3.63) is 29.8 Å². The van der Waals surface area contributed by atoms with E-state index in [0.717, 1.165) is 44.6 Å². The first kappa shape index (κ1) is 17.2. The summed E-state index contributed by atoms with van der Waals surface area (Å²) in [6, 6.07) is 7.35. The second kappa shape index (κ2) is 8.44. The average molecular weight is 312 g/mol. The van der Waals surface area contributed by atoms with Crippen LogP contribution in [0.15, 0.2) is 24.3 Å². The molecule has 1 aliphatic heterocycles. The molecule has 3 nitrogen and oxygen atoms in total. The number of rotatable bonds is 7.